The van der Waals surface area contributed by atoms with Gasteiger partial charge in [0.2, 0.25) is 5.91 Å². The Morgan fingerprint density at radius 3 is 2.39 bits per heavy atom. The number of carbonyl (C=O) groups excluding carboxylic acids is 1. The van der Waals surface area contributed by atoms with Crippen LogP contribution in [0.4, 0.5) is 5.69 Å². The number of carbonyl (C=O) groups is 1. The summed E-state index contributed by atoms with van der Waals surface area (Å²) in [6.45, 7) is 2.42. The number of rotatable bonds is 10. The zero-order valence-electron chi connectivity index (χ0n) is 18.4. The molecule has 1 saturated carbocycles. The van der Waals surface area contributed by atoms with Crippen LogP contribution in [0, 0.1) is 5.92 Å². The largest absolute Gasteiger partial charge is 0.341 e. The summed E-state index contributed by atoms with van der Waals surface area (Å²) in [6.07, 6.45) is 6.60. The van der Waals surface area contributed by atoms with Crippen molar-refractivity contribution in [3.63, 3.8) is 0 Å². The molecule has 0 aliphatic heterocycles. The smallest absolute Gasteiger partial charge is 0.271 e. The van der Waals surface area contributed by atoms with Gasteiger partial charge in [0.15, 0.2) is 0 Å². The van der Waals surface area contributed by atoms with E-state index in [9.17, 15) is 13.2 Å². The molecule has 0 spiro atoms. The van der Waals surface area contributed by atoms with Gasteiger partial charge in [0.05, 0.1) is 6.42 Å². The molecule has 1 N–H and O–H groups in total. The molecule has 1 amide bonds. The van der Waals surface area contributed by atoms with Gasteiger partial charge in [0.1, 0.15) is 4.21 Å². The third kappa shape index (κ3) is 7.33. The second-order valence-corrected chi connectivity index (χ2v) is 11.4. The lowest BCUT2D eigenvalue weighted by molar-refractivity contribution is -0.131. The normalized spacial score (nSPS) is 15.2. The van der Waals surface area contributed by atoms with E-state index in [0.717, 1.165) is 25.2 Å². The number of hydrogen-bond acceptors (Lipinski definition) is 5. The average molecular weight is 464 g/mol. The highest BCUT2D eigenvalue weighted by molar-refractivity contribution is 7.94. The number of benzene rings is 1. The van der Waals surface area contributed by atoms with Gasteiger partial charge < -0.3 is 9.80 Å². The number of anilines is 1. The van der Waals surface area contributed by atoms with E-state index in [4.69, 9.17) is 0 Å². The van der Waals surface area contributed by atoms with E-state index in [2.05, 4.69) is 9.62 Å². The Bertz CT molecular complexity index is 919. The van der Waals surface area contributed by atoms with Crippen molar-refractivity contribution in [2.45, 2.75) is 42.7 Å². The molecule has 1 fully saturated rings. The molecule has 0 radical (unpaired) electrons. The minimum Gasteiger partial charge on any atom is -0.341 e. The number of amides is 1. The predicted molar refractivity (Wildman–Crippen MR) is 127 cm³/mol. The first-order valence-electron chi connectivity index (χ1n) is 10.9. The number of nitrogens with one attached hydrogen (secondary N) is 1. The van der Waals surface area contributed by atoms with Crippen LogP contribution in [0.15, 0.2) is 46.0 Å². The zero-order chi connectivity index (χ0) is 22.3. The van der Waals surface area contributed by atoms with Gasteiger partial charge in [-0.2, -0.15) is 0 Å². The number of nitrogens with zero attached hydrogens (tertiary/aromatic N) is 2. The molecule has 2 aromatic rings. The Morgan fingerprint density at radius 1 is 1.06 bits per heavy atom. The molecule has 1 aromatic heterocycles. The molecular weight excluding hydrogens is 430 g/mol. The van der Waals surface area contributed by atoms with Crippen LogP contribution >= 0.6 is 11.3 Å². The Hall–Kier alpha value is -1.90. The van der Waals surface area contributed by atoms with Crippen molar-refractivity contribution in [2.75, 3.05) is 38.5 Å². The number of sulfonamides is 1. The minimum atomic E-state index is -3.56. The lowest BCUT2D eigenvalue weighted by Gasteiger charge is -2.31. The van der Waals surface area contributed by atoms with Gasteiger partial charge in [0.25, 0.3) is 10.0 Å². The fraction of sp³-hybridized carbons (Fsp3) is 0.522. The van der Waals surface area contributed by atoms with E-state index in [1.165, 1.54) is 43.4 Å². The lowest BCUT2D eigenvalue weighted by atomic mass is 9.89. The van der Waals surface area contributed by atoms with Gasteiger partial charge in [0, 0.05) is 25.3 Å². The van der Waals surface area contributed by atoms with Crippen molar-refractivity contribution in [1.29, 1.82) is 0 Å². The monoisotopic (exact) mass is 463 g/mol. The van der Waals surface area contributed by atoms with Crippen molar-refractivity contribution in [1.82, 2.24) is 9.80 Å². The molecule has 6 nitrogen and oxygen atoms in total. The molecule has 1 aliphatic carbocycles. The van der Waals surface area contributed by atoms with E-state index in [0.29, 0.717) is 18.0 Å². The van der Waals surface area contributed by atoms with Crippen LogP contribution in [0.2, 0.25) is 0 Å². The fourth-order valence-corrected chi connectivity index (χ4v) is 5.97. The fourth-order valence-electron chi connectivity index (χ4n) is 3.92. The van der Waals surface area contributed by atoms with Crippen LogP contribution in [0.5, 0.6) is 0 Å². The first kappa shape index (κ1) is 23.8. The Kier molecular flexibility index (Phi) is 8.51. The Morgan fingerprint density at radius 2 is 1.77 bits per heavy atom. The third-order valence-corrected chi connectivity index (χ3v) is 8.47. The molecule has 8 heteroatoms. The second-order valence-electron chi connectivity index (χ2n) is 8.56. The highest BCUT2D eigenvalue weighted by Crippen LogP contribution is 2.25. The van der Waals surface area contributed by atoms with Gasteiger partial charge in [-0.25, -0.2) is 8.42 Å². The highest BCUT2D eigenvalue weighted by Gasteiger charge is 2.21. The molecule has 0 atom stereocenters. The van der Waals surface area contributed by atoms with Gasteiger partial charge in [-0.3, -0.25) is 9.52 Å². The molecule has 0 bridgehead atoms. The molecule has 1 heterocycles. The summed E-state index contributed by atoms with van der Waals surface area (Å²) in [5.74, 6) is 0.744. The summed E-state index contributed by atoms with van der Waals surface area (Å²) in [7, 11) is 0.491. The molecule has 1 aromatic carbocycles. The van der Waals surface area contributed by atoms with Crippen molar-refractivity contribution in [2.24, 2.45) is 5.92 Å². The SMILES string of the molecule is CN(C)CCN(CC1CCCCC1)C(=O)Cc1ccc(NS(=O)(=O)c2cccs2)cc1. The van der Waals surface area contributed by atoms with Crippen LogP contribution in [0.3, 0.4) is 0 Å². The van der Waals surface area contributed by atoms with Crippen LogP contribution < -0.4 is 4.72 Å². The number of likely N-dealkylation sites (N-methyl/N-ethyl adjacent to an activating group) is 1. The standard InChI is InChI=1S/C23H33N3O3S2/c1-25(2)14-15-26(18-20-7-4-3-5-8-20)22(27)17-19-10-12-21(13-11-19)24-31(28,29)23-9-6-16-30-23/h6,9-13,16,20,24H,3-5,7-8,14-15,17-18H2,1-2H3. The van der Waals surface area contributed by atoms with E-state index < -0.39 is 10.0 Å². The summed E-state index contributed by atoms with van der Waals surface area (Å²) in [5, 5.41) is 1.73. The molecule has 0 saturated heterocycles. The topological polar surface area (TPSA) is 69.7 Å². The number of thiophene rings is 1. The van der Waals surface area contributed by atoms with Crippen molar-refractivity contribution < 1.29 is 13.2 Å². The summed E-state index contributed by atoms with van der Waals surface area (Å²) >= 11 is 1.18. The molecule has 31 heavy (non-hydrogen) atoms. The summed E-state index contributed by atoms with van der Waals surface area (Å²) < 4.78 is 27.6. The second kappa shape index (κ2) is 11.1. The average Bonchev–Trinajstić information content (AvgIpc) is 3.29. The van der Waals surface area contributed by atoms with Crippen LogP contribution in [0.1, 0.15) is 37.7 Å². The summed E-state index contributed by atoms with van der Waals surface area (Å²) in [5.41, 5.74) is 1.39. The molecular formula is C23H33N3O3S2. The minimum absolute atomic E-state index is 0.138. The van der Waals surface area contributed by atoms with Crippen LogP contribution in [0.25, 0.3) is 0 Å². The van der Waals surface area contributed by atoms with E-state index >= 15 is 0 Å². The predicted octanol–water partition coefficient (Wildman–Crippen LogP) is 4.06. The quantitative estimate of drug-likeness (QED) is 0.577. The maximum atomic E-state index is 13.1. The summed E-state index contributed by atoms with van der Waals surface area (Å²) in [4.78, 5) is 17.2. The first-order valence-corrected chi connectivity index (χ1v) is 13.3. The van der Waals surface area contributed by atoms with Crippen LogP contribution in [-0.2, 0) is 21.2 Å². The van der Waals surface area contributed by atoms with Crippen LogP contribution in [-0.4, -0.2) is 57.9 Å². The first-order chi connectivity index (χ1) is 14.8. The third-order valence-electron chi connectivity index (χ3n) is 5.69. The van der Waals surface area contributed by atoms with Crippen molar-refractivity contribution in [3.8, 4) is 0 Å². The van der Waals surface area contributed by atoms with Gasteiger partial charge in [-0.1, -0.05) is 37.5 Å². The van der Waals surface area contributed by atoms with E-state index in [1.54, 1.807) is 29.6 Å². The highest BCUT2D eigenvalue weighted by atomic mass is 32.2. The molecule has 170 valence electrons. The maximum absolute atomic E-state index is 13.1. The lowest BCUT2D eigenvalue weighted by Crippen LogP contribution is -2.41. The van der Waals surface area contributed by atoms with E-state index in [-0.39, 0.29) is 10.1 Å². The zero-order valence-corrected chi connectivity index (χ0v) is 20.1. The van der Waals surface area contributed by atoms with Gasteiger partial charge in [-0.15, -0.1) is 11.3 Å². The molecule has 0 unspecified atom stereocenters. The molecule has 1 aliphatic rings. The van der Waals surface area contributed by atoms with Crippen molar-refractivity contribution >= 4 is 33.0 Å². The summed E-state index contributed by atoms with van der Waals surface area (Å²) in [6, 6.07) is 10.4. The van der Waals surface area contributed by atoms with Gasteiger partial charge in [-0.05, 0) is 62.0 Å². The number of hydrogen-bond donors (Lipinski definition) is 1. The molecule has 3 rings (SSSR count). The Labute approximate surface area is 190 Å². The Balaban J connectivity index is 1.61. The van der Waals surface area contributed by atoms with Crippen molar-refractivity contribution in [3.05, 3.63) is 47.3 Å². The van der Waals surface area contributed by atoms with Gasteiger partial charge >= 0.3 is 0 Å². The maximum Gasteiger partial charge on any atom is 0.271 e. The van der Waals surface area contributed by atoms with E-state index in [1.807, 2.05) is 31.1 Å².